The van der Waals surface area contributed by atoms with Gasteiger partial charge in [-0.15, -0.1) is 0 Å². The molecule has 0 amide bonds. The van der Waals surface area contributed by atoms with Gasteiger partial charge in [0.2, 0.25) is 0 Å². The predicted octanol–water partition coefficient (Wildman–Crippen LogP) is 1.21. The molecule has 0 heterocycles. The summed E-state index contributed by atoms with van der Waals surface area (Å²) in [6.45, 7) is 0. The Kier molecular flexibility index (Phi) is 7.99. The Morgan fingerprint density at radius 3 is 2.00 bits per heavy atom. The molecule has 4 nitrogen and oxygen atoms in total. The molecule has 8 heteroatoms. The predicted molar refractivity (Wildman–Crippen MR) is 43.4 cm³/mol. The van der Waals surface area contributed by atoms with Gasteiger partial charge in [-0.1, -0.05) is 34.8 Å². The van der Waals surface area contributed by atoms with Crippen LogP contribution in [0.2, 0.25) is 0 Å². The molecule has 0 aliphatic carbocycles. The third-order valence-electron chi connectivity index (χ3n) is 0.492. The van der Waals surface area contributed by atoms with Gasteiger partial charge in [-0.25, -0.2) is 4.79 Å². The summed E-state index contributed by atoms with van der Waals surface area (Å²) in [6, 6.07) is 0. The number of aliphatic hydroxyl groups is 1. The molecule has 0 bridgehead atoms. The zero-order valence-corrected chi connectivity index (χ0v) is 9.61. The average Bonchev–Trinajstić information content (AvgIpc) is 1.60. The van der Waals surface area contributed by atoms with E-state index in [9.17, 15) is 4.79 Å². The molecule has 0 radical (unpaired) electrons. The van der Waals surface area contributed by atoms with Gasteiger partial charge in [0.15, 0.2) is 0 Å². The molecule has 1 unspecified atom stereocenters. The summed E-state index contributed by atoms with van der Waals surface area (Å²) < 4.78 is 1.55. The van der Waals surface area contributed by atoms with E-state index in [0.717, 1.165) is 0 Å². The SMILES string of the molecule is O=C(O)OC(O)C(Cl)(Cl)Cl.[Ca+2].[H-].[H-]. The zero-order chi connectivity index (χ0) is 8.36. The summed E-state index contributed by atoms with van der Waals surface area (Å²) in [5, 5.41) is 16.4. The number of carboxylic acid groups (broad SMARTS) is 1. The van der Waals surface area contributed by atoms with Crippen LogP contribution in [-0.4, -0.2) is 64.2 Å². The summed E-state index contributed by atoms with van der Waals surface area (Å²) in [6.07, 6.45) is -3.67. The van der Waals surface area contributed by atoms with Crippen LogP contribution in [-0.2, 0) is 4.74 Å². The number of aliphatic hydroxyl groups excluding tert-OH is 1. The first kappa shape index (κ1) is 14.9. The topological polar surface area (TPSA) is 66.8 Å². The minimum absolute atomic E-state index is 0. The summed E-state index contributed by atoms with van der Waals surface area (Å²) in [7, 11) is 0. The van der Waals surface area contributed by atoms with Crippen molar-refractivity contribution in [2.75, 3.05) is 0 Å². The quantitative estimate of drug-likeness (QED) is 0.318. The Balaban J connectivity index is -0.000000135. The van der Waals surface area contributed by atoms with Gasteiger partial charge in [0, 0.05) is 0 Å². The number of halogens is 3. The Morgan fingerprint density at radius 1 is 1.55 bits per heavy atom. The van der Waals surface area contributed by atoms with Crippen LogP contribution in [0.1, 0.15) is 2.85 Å². The summed E-state index contributed by atoms with van der Waals surface area (Å²) in [5.41, 5.74) is 0. The monoisotopic (exact) mass is 250 g/mol. The average molecular weight is 252 g/mol. The third kappa shape index (κ3) is 7.71. The molecule has 11 heavy (non-hydrogen) atoms. The molecule has 0 aromatic heterocycles. The molecular formula is C3H5CaCl3O4. The molecule has 64 valence electrons. The molecule has 0 aliphatic heterocycles. The summed E-state index contributed by atoms with van der Waals surface area (Å²) >= 11 is 15.1. The summed E-state index contributed by atoms with van der Waals surface area (Å²) in [4.78, 5) is 9.70. The maximum atomic E-state index is 9.70. The van der Waals surface area contributed by atoms with Gasteiger partial charge in [-0.05, 0) is 0 Å². The Morgan fingerprint density at radius 2 is 1.91 bits per heavy atom. The fourth-order valence-electron chi connectivity index (χ4n) is 0.162. The van der Waals surface area contributed by atoms with Crippen molar-refractivity contribution in [1.82, 2.24) is 0 Å². The number of hydrogen-bond donors (Lipinski definition) is 2. The first-order valence-electron chi connectivity index (χ1n) is 1.98. The molecule has 2 N–H and O–H groups in total. The number of carbonyl (C=O) groups is 1. The molecule has 0 aliphatic rings. The minimum Gasteiger partial charge on any atom is -1.00 e. The van der Waals surface area contributed by atoms with Gasteiger partial charge < -0.3 is 17.8 Å². The molecule has 0 aromatic rings. The Hall–Kier alpha value is 1.36. The number of hydrogen-bond acceptors (Lipinski definition) is 3. The van der Waals surface area contributed by atoms with E-state index in [-0.39, 0.29) is 40.6 Å². The second kappa shape index (κ2) is 5.91. The van der Waals surface area contributed by atoms with Crippen LogP contribution >= 0.6 is 34.8 Å². The van der Waals surface area contributed by atoms with E-state index in [1.54, 1.807) is 0 Å². The third-order valence-corrected chi connectivity index (χ3v) is 1.05. The van der Waals surface area contributed by atoms with Gasteiger partial charge in [0.05, 0.1) is 0 Å². The van der Waals surface area contributed by atoms with Gasteiger partial charge in [-0.3, -0.25) is 0 Å². The maximum Gasteiger partial charge on any atom is 2.00 e. The molecule has 0 aromatic carbocycles. The van der Waals surface area contributed by atoms with Gasteiger partial charge in [0.1, 0.15) is 0 Å². The van der Waals surface area contributed by atoms with Crippen LogP contribution in [0.4, 0.5) is 4.79 Å². The van der Waals surface area contributed by atoms with Crippen molar-refractivity contribution in [2.45, 2.75) is 10.1 Å². The van der Waals surface area contributed by atoms with Gasteiger partial charge >= 0.3 is 43.9 Å². The molecule has 0 rings (SSSR count). The van der Waals surface area contributed by atoms with Crippen LogP contribution in [0.3, 0.4) is 0 Å². The second-order valence-electron chi connectivity index (χ2n) is 1.28. The standard InChI is InChI=1S/C3H3Cl3O4.Ca.2H/c4-3(5,6)1(7)10-2(8)9;;;/h1,7H,(H,8,9);;;/q;+2;2*-1. The van der Waals surface area contributed by atoms with E-state index in [1.165, 1.54) is 0 Å². The van der Waals surface area contributed by atoms with E-state index in [0.29, 0.717) is 0 Å². The first-order valence-corrected chi connectivity index (χ1v) is 3.12. The number of rotatable bonds is 1. The normalized spacial score (nSPS) is 13.1. The van der Waals surface area contributed by atoms with Crippen molar-refractivity contribution in [3.05, 3.63) is 0 Å². The largest absolute Gasteiger partial charge is 2.00 e. The van der Waals surface area contributed by atoms with Crippen LogP contribution in [0.15, 0.2) is 0 Å². The smallest absolute Gasteiger partial charge is 1.00 e. The van der Waals surface area contributed by atoms with Crippen molar-refractivity contribution >= 4 is 78.7 Å². The second-order valence-corrected chi connectivity index (χ2v) is 3.65. The molecule has 0 saturated carbocycles. The van der Waals surface area contributed by atoms with Crippen molar-refractivity contribution in [1.29, 1.82) is 0 Å². The number of alkyl halides is 3. The van der Waals surface area contributed by atoms with E-state index in [4.69, 9.17) is 45.0 Å². The fraction of sp³-hybridized carbons (Fsp3) is 0.667. The molecule has 1 atom stereocenters. The molecule has 0 spiro atoms. The minimum atomic E-state index is -2.14. The van der Waals surface area contributed by atoms with Crippen molar-refractivity contribution in [3.63, 3.8) is 0 Å². The fourth-order valence-corrected chi connectivity index (χ4v) is 0.296. The van der Waals surface area contributed by atoms with Crippen LogP contribution < -0.4 is 0 Å². The zero-order valence-electron chi connectivity index (χ0n) is 7.13. The maximum absolute atomic E-state index is 9.70. The molecule has 0 saturated heterocycles. The Bertz CT molecular complexity index is 143. The van der Waals surface area contributed by atoms with Crippen molar-refractivity contribution in [3.8, 4) is 0 Å². The van der Waals surface area contributed by atoms with Gasteiger partial charge in [0.25, 0.3) is 10.1 Å². The number of ether oxygens (including phenoxy) is 1. The van der Waals surface area contributed by atoms with Crippen LogP contribution in [0, 0.1) is 0 Å². The molecular weight excluding hydrogens is 246 g/mol. The van der Waals surface area contributed by atoms with E-state index >= 15 is 0 Å². The first-order chi connectivity index (χ1) is 4.34. The van der Waals surface area contributed by atoms with Crippen LogP contribution in [0.5, 0.6) is 0 Å². The van der Waals surface area contributed by atoms with Gasteiger partial charge in [-0.2, -0.15) is 0 Å². The summed E-state index contributed by atoms with van der Waals surface area (Å²) in [5.74, 6) is 0. The van der Waals surface area contributed by atoms with Crippen molar-refractivity contribution in [2.24, 2.45) is 0 Å². The van der Waals surface area contributed by atoms with E-state index in [2.05, 4.69) is 4.74 Å². The van der Waals surface area contributed by atoms with E-state index < -0.39 is 16.2 Å². The van der Waals surface area contributed by atoms with Crippen LogP contribution in [0.25, 0.3) is 0 Å². The van der Waals surface area contributed by atoms with Crippen molar-refractivity contribution < 1.29 is 22.6 Å². The van der Waals surface area contributed by atoms with E-state index in [1.807, 2.05) is 0 Å². The molecule has 0 fully saturated rings. The Labute approximate surface area is 110 Å².